The van der Waals surface area contributed by atoms with E-state index in [-0.39, 0.29) is 17.9 Å². The van der Waals surface area contributed by atoms with E-state index in [2.05, 4.69) is 23.1 Å². The molecule has 0 aliphatic carbocycles. The summed E-state index contributed by atoms with van der Waals surface area (Å²) in [7, 11) is 0. The van der Waals surface area contributed by atoms with Gasteiger partial charge in [0.25, 0.3) is 5.91 Å². The number of hydrazine groups is 1. The zero-order chi connectivity index (χ0) is 27.9. The van der Waals surface area contributed by atoms with Gasteiger partial charge >= 0.3 is 5.97 Å². The molecule has 0 aromatic heterocycles. The molecule has 7 nitrogen and oxygen atoms in total. The number of anilines is 2. The van der Waals surface area contributed by atoms with Gasteiger partial charge in [0, 0.05) is 24.6 Å². The maximum Gasteiger partial charge on any atom is 0.306 e. The van der Waals surface area contributed by atoms with E-state index in [1.165, 1.54) is 11.1 Å². The van der Waals surface area contributed by atoms with Crippen molar-refractivity contribution in [3.63, 3.8) is 0 Å². The van der Waals surface area contributed by atoms with Gasteiger partial charge in [-0.15, -0.1) is 0 Å². The van der Waals surface area contributed by atoms with Crippen LogP contribution in [0.4, 0.5) is 11.4 Å². The molecule has 2 heterocycles. The van der Waals surface area contributed by atoms with Crippen molar-refractivity contribution in [3.8, 4) is 0 Å². The van der Waals surface area contributed by atoms with Gasteiger partial charge in [-0.2, -0.15) is 0 Å². The molecular weight excluding hydrogens is 488 g/mol. The average molecular weight is 529 g/mol. The Kier molecular flexibility index (Phi) is 9.25. The summed E-state index contributed by atoms with van der Waals surface area (Å²) in [5.74, 6) is 5.69. The Morgan fingerprint density at radius 1 is 1.03 bits per heavy atom. The number of aryl methyl sites for hydroxylation is 2. The lowest BCUT2D eigenvalue weighted by atomic mass is 9.90. The maximum absolute atomic E-state index is 13.1. The maximum atomic E-state index is 13.1. The third-order valence-corrected chi connectivity index (χ3v) is 7.66. The number of nitrogen functional groups attached to an aromatic ring is 1. The molecule has 0 saturated carbocycles. The molecule has 1 fully saturated rings. The molecule has 0 radical (unpaired) electrons. The van der Waals surface area contributed by atoms with Gasteiger partial charge in [0.2, 0.25) is 0 Å². The fourth-order valence-electron chi connectivity index (χ4n) is 5.54. The van der Waals surface area contributed by atoms with Crippen LogP contribution in [0.1, 0.15) is 71.8 Å². The van der Waals surface area contributed by atoms with E-state index in [0.717, 1.165) is 53.9 Å². The molecule has 2 aliphatic rings. The predicted molar refractivity (Wildman–Crippen MR) is 156 cm³/mol. The highest BCUT2D eigenvalue weighted by Crippen LogP contribution is 2.44. The number of carbonyl (C=O) groups excluding carboxylic acids is 2. The molecule has 39 heavy (non-hydrogen) atoms. The average Bonchev–Trinajstić information content (AvgIpc) is 3.28. The Morgan fingerprint density at radius 3 is 2.51 bits per heavy atom. The molecule has 1 saturated heterocycles. The monoisotopic (exact) mass is 528 g/mol. The summed E-state index contributed by atoms with van der Waals surface area (Å²) < 4.78 is 5.03. The van der Waals surface area contributed by atoms with Crippen molar-refractivity contribution in [3.05, 3.63) is 94.5 Å². The van der Waals surface area contributed by atoms with E-state index in [4.69, 9.17) is 16.3 Å². The van der Waals surface area contributed by atoms with Crippen molar-refractivity contribution < 1.29 is 14.3 Å². The zero-order valence-corrected chi connectivity index (χ0v) is 23.2. The molecular formula is C32H40N4O3. The summed E-state index contributed by atoms with van der Waals surface area (Å²) in [6, 6.07) is 22.4. The minimum atomic E-state index is -0.156. The van der Waals surface area contributed by atoms with Gasteiger partial charge < -0.3 is 20.4 Å². The van der Waals surface area contributed by atoms with Crippen molar-refractivity contribution in [1.29, 1.82) is 0 Å². The summed E-state index contributed by atoms with van der Waals surface area (Å²) in [5, 5.41) is 1.64. The number of rotatable bonds is 7. The molecule has 7 heteroatoms. The quantitative estimate of drug-likeness (QED) is 0.185. The number of para-hydroxylation sites is 1. The molecule has 2 aliphatic heterocycles. The second-order valence-electron chi connectivity index (χ2n) is 10.2. The van der Waals surface area contributed by atoms with Crippen LogP contribution in [-0.4, -0.2) is 36.0 Å². The molecule has 2 unspecified atom stereocenters. The van der Waals surface area contributed by atoms with Gasteiger partial charge in [-0.1, -0.05) is 48.5 Å². The number of hydrogen-bond acceptors (Lipinski definition) is 6. The fourth-order valence-corrected chi connectivity index (χ4v) is 5.54. The van der Waals surface area contributed by atoms with E-state index in [0.29, 0.717) is 25.5 Å². The van der Waals surface area contributed by atoms with Gasteiger partial charge in [0.05, 0.1) is 24.0 Å². The number of hydrogen-bond donors (Lipinski definition) is 2. The van der Waals surface area contributed by atoms with Crippen LogP contribution in [0.2, 0.25) is 0 Å². The Morgan fingerprint density at radius 2 is 1.79 bits per heavy atom. The summed E-state index contributed by atoms with van der Waals surface area (Å²) in [4.78, 5) is 26.9. The topological polar surface area (TPSA) is 102 Å². The number of benzene rings is 3. The van der Waals surface area contributed by atoms with Gasteiger partial charge in [-0.05, 0) is 86.9 Å². The SMILES string of the molecule is CCN(N)c1cccc(C)c1N.CCOC(=O)CCc1ccc2c(c1)C1CCC(C2)N1C(=O)c1ccccc1. The summed E-state index contributed by atoms with van der Waals surface area (Å²) >= 11 is 0. The first-order chi connectivity index (χ1) is 18.8. The molecule has 5 rings (SSSR count). The summed E-state index contributed by atoms with van der Waals surface area (Å²) in [5.41, 5.74) is 13.1. The van der Waals surface area contributed by atoms with Gasteiger partial charge in [0.15, 0.2) is 0 Å². The first kappa shape index (κ1) is 28.2. The zero-order valence-electron chi connectivity index (χ0n) is 23.2. The number of fused-ring (bicyclic) bond motifs is 4. The Bertz CT molecular complexity index is 1290. The van der Waals surface area contributed by atoms with Crippen LogP contribution >= 0.6 is 0 Å². The van der Waals surface area contributed by atoms with Crippen molar-refractivity contribution in [2.45, 2.75) is 65.0 Å². The number of nitrogens with zero attached hydrogens (tertiary/aromatic N) is 2. The molecule has 4 N–H and O–H groups in total. The number of amides is 1. The number of nitrogens with two attached hydrogens (primary N) is 2. The van der Waals surface area contributed by atoms with Crippen LogP contribution in [0.3, 0.4) is 0 Å². The van der Waals surface area contributed by atoms with Crippen LogP contribution in [0.5, 0.6) is 0 Å². The molecule has 2 bridgehead atoms. The van der Waals surface area contributed by atoms with E-state index in [1.54, 1.807) is 5.01 Å². The lowest BCUT2D eigenvalue weighted by molar-refractivity contribution is -0.143. The number of esters is 1. The largest absolute Gasteiger partial charge is 0.466 e. The molecule has 3 aromatic carbocycles. The second kappa shape index (κ2) is 12.8. The third kappa shape index (κ3) is 6.42. The van der Waals surface area contributed by atoms with Crippen molar-refractivity contribution in [1.82, 2.24) is 4.90 Å². The highest BCUT2D eigenvalue weighted by Gasteiger charge is 2.42. The Labute approximate surface area is 231 Å². The second-order valence-corrected chi connectivity index (χ2v) is 10.2. The fraction of sp³-hybridized carbons (Fsp3) is 0.375. The normalized spacial score (nSPS) is 17.1. The van der Waals surface area contributed by atoms with Crippen LogP contribution < -0.4 is 16.6 Å². The number of ether oxygens (including phenoxy) is 1. The smallest absolute Gasteiger partial charge is 0.306 e. The van der Waals surface area contributed by atoms with Crippen LogP contribution in [0.15, 0.2) is 66.7 Å². The highest BCUT2D eigenvalue weighted by atomic mass is 16.5. The standard InChI is InChI=1S/C23H25NO3.C9H15N3/c1-2-27-22(25)13-9-16-8-10-18-15-19-11-12-21(20(18)14-16)24(19)23(26)17-6-4-3-5-7-17;1-3-12(11)8-6-4-5-7(2)9(8)10/h3-8,10,14,19,21H,2,9,11-13,15H2,1H3;4-6H,3,10-11H2,1-2H3. The molecule has 2 atom stereocenters. The van der Waals surface area contributed by atoms with E-state index in [1.807, 2.05) is 69.3 Å². The first-order valence-electron chi connectivity index (χ1n) is 13.9. The van der Waals surface area contributed by atoms with E-state index in [9.17, 15) is 9.59 Å². The van der Waals surface area contributed by atoms with Gasteiger partial charge in [0.1, 0.15) is 0 Å². The third-order valence-electron chi connectivity index (χ3n) is 7.66. The first-order valence-corrected chi connectivity index (χ1v) is 13.9. The highest BCUT2D eigenvalue weighted by molar-refractivity contribution is 5.95. The van der Waals surface area contributed by atoms with E-state index >= 15 is 0 Å². The van der Waals surface area contributed by atoms with Crippen LogP contribution in [-0.2, 0) is 22.4 Å². The molecule has 3 aromatic rings. The van der Waals surface area contributed by atoms with Gasteiger partial charge in [-0.3, -0.25) is 9.59 Å². The lowest BCUT2D eigenvalue weighted by Crippen LogP contribution is -2.41. The van der Waals surface area contributed by atoms with Gasteiger partial charge in [-0.25, -0.2) is 5.84 Å². The minimum Gasteiger partial charge on any atom is -0.466 e. The van der Waals surface area contributed by atoms with Crippen molar-refractivity contribution in [2.75, 3.05) is 23.9 Å². The predicted octanol–water partition coefficient (Wildman–Crippen LogP) is 5.36. The molecule has 206 valence electrons. The minimum absolute atomic E-state index is 0.130. The van der Waals surface area contributed by atoms with Crippen LogP contribution in [0.25, 0.3) is 0 Å². The Balaban J connectivity index is 0.000000247. The van der Waals surface area contributed by atoms with Crippen LogP contribution in [0, 0.1) is 6.92 Å². The lowest BCUT2D eigenvalue weighted by Gasteiger charge is -2.37. The number of carbonyl (C=O) groups is 2. The van der Waals surface area contributed by atoms with E-state index < -0.39 is 0 Å². The van der Waals surface area contributed by atoms with Crippen molar-refractivity contribution in [2.24, 2.45) is 5.84 Å². The summed E-state index contributed by atoms with van der Waals surface area (Å²) in [6.07, 6.45) is 4.05. The molecule has 0 spiro atoms. The molecule has 1 amide bonds. The Hall–Kier alpha value is -3.84. The summed E-state index contributed by atoms with van der Waals surface area (Å²) in [6.45, 7) is 6.96. The van der Waals surface area contributed by atoms with Crippen molar-refractivity contribution >= 4 is 23.3 Å².